The number of hydrogen-bond acceptors (Lipinski definition) is 8. The van der Waals surface area contributed by atoms with E-state index in [1.165, 1.54) is 61.0 Å². The van der Waals surface area contributed by atoms with Gasteiger partial charge in [-0.15, -0.1) is 0 Å². The fourth-order valence-corrected chi connectivity index (χ4v) is 5.95. The van der Waals surface area contributed by atoms with Crippen LogP contribution in [0.2, 0.25) is 10.0 Å². The number of carbonyl (C=O) groups excluding carboxylic acids is 2. The largest absolute Gasteiger partial charge is 0.493 e. The summed E-state index contributed by atoms with van der Waals surface area (Å²) in [6.07, 6.45) is 11.5. The van der Waals surface area contributed by atoms with E-state index in [9.17, 15) is 18.4 Å². The molecule has 302 valence electrons. The van der Waals surface area contributed by atoms with Crippen molar-refractivity contribution in [2.24, 2.45) is 9.98 Å². The van der Waals surface area contributed by atoms with E-state index in [0.717, 1.165) is 51.4 Å². The predicted octanol–water partition coefficient (Wildman–Crippen LogP) is 13.1. The zero-order valence-electron chi connectivity index (χ0n) is 32.3. The van der Waals surface area contributed by atoms with Gasteiger partial charge in [0.15, 0.2) is 23.1 Å². The van der Waals surface area contributed by atoms with Crippen molar-refractivity contribution >= 4 is 58.9 Å². The van der Waals surface area contributed by atoms with Crippen LogP contribution in [0, 0.1) is 11.6 Å². The van der Waals surface area contributed by atoms with E-state index in [0.29, 0.717) is 35.8 Å². The molecule has 0 heterocycles. The van der Waals surface area contributed by atoms with E-state index in [1.54, 1.807) is 48.5 Å². The fourth-order valence-electron chi connectivity index (χ4n) is 5.49. The van der Waals surface area contributed by atoms with Crippen molar-refractivity contribution in [2.75, 3.05) is 13.2 Å². The molecule has 8 nitrogen and oxygen atoms in total. The summed E-state index contributed by atoms with van der Waals surface area (Å²) in [6, 6.07) is 24.2. The Morgan fingerprint density at radius 2 is 0.966 bits per heavy atom. The third kappa shape index (κ3) is 13.2. The zero-order chi connectivity index (χ0) is 41.3. The molecule has 0 aliphatic carbocycles. The summed E-state index contributed by atoms with van der Waals surface area (Å²) in [4.78, 5) is 34.5. The molecular formula is C46H44Cl2F2N2O6. The van der Waals surface area contributed by atoms with E-state index in [2.05, 4.69) is 23.8 Å². The number of hydrogen-bond donors (Lipinski definition) is 0. The molecule has 0 unspecified atom stereocenters. The Labute approximate surface area is 347 Å². The van der Waals surface area contributed by atoms with Crippen LogP contribution in [0.5, 0.6) is 23.0 Å². The van der Waals surface area contributed by atoms with Crippen molar-refractivity contribution < 1.29 is 37.3 Å². The van der Waals surface area contributed by atoms with E-state index >= 15 is 0 Å². The molecule has 5 rings (SSSR count). The minimum Gasteiger partial charge on any atom is -0.493 e. The highest BCUT2D eigenvalue weighted by atomic mass is 35.5. The van der Waals surface area contributed by atoms with Gasteiger partial charge in [0.1, 0.15) is 11.5 Å². The first-order valence-corrected chi connectivity index (χ1v) is 20.0. The number of nitrogens with zero attached hydrogens (tertiary/aromatic N) is 2. The predicted molar refractivity (Wildman–Crippen MR) is 226 cm³/mol. The highest BCUT2D eigenvalue weighted by molar-refractivity contribution is 6.36. The second kappa shape index (κ2) is 22.4. The molecule has 0 bridgehead atoms. The lowest BCUT2D eigenvalue weighted by Gasteiger charge is -2.11. The van der Waals surface area contributed by atoms with Crippen LogP contribution in [0.15, 0.2) is 107 Å². The lowest BCUT2D eigenvalue weighted by atomic mass is 10.1. The Balaban J connectivity index is 1.14. The molecular weight excluding hydrogens is 785 g/mol. The molecule has 0 atom stereocenters. The van der Waals surface area contributed by atoms with Crippen molar-refractivity contribution in [3.05, 3.63) is 141 Å². The molecule has 0 aliphatic rings. The van der Waals surface area contributed by atoms with Gasteiger partial charge < -0.3 is 18.9 Å². The number of rotatable bonds is 20. The van der Waals surface area contributed by atoms with Crippen LogP contribution in [0.1, 0.15) is 97.1 Å². The van der Waals surface area contributed by atoms with Crippen LogP contribution in [0.3, 0.4) is 0 Å². The van der Waals surface area contributed by atoms with Crippen molar-refractivity contribution in [1.29, 1.82) is 0 Å². The van der Waals surface area contributed by atoms with Gasteiger partial charge in [0.25, 0.3) is 0 Å². The van der Waals surface area contributed by atoms with Crippen LogP contribution in [0.4, 0.5) is 20.2 Å². The lowest BCUT2D eigenvalue weighted by Crippen LogP contribution is -2.11. The van der Waals surface area contributed by atoms with E-state index in [4.69, 9.17) is 42.1 Å². The minimum atomic E-state index is -0.736. The molecule has 0 aliphatic heterocycles. The standard InChI is InChI=1S/C46H44Cl2F2N2O6/c1-3-5-7-9-23-55-35-19-21-41(39(49)25-35)51-29-31-11-15-33(16-12-31)45(53)57-43-28-44(38(48)27-37(43)47)58-46(54)34-17-13-32(14-18-34)30-52-42-22-20-36(26-40(42)50)56-24-10-8-6-4-2/h11-22,25-30H,3-10,23-24H2,1-2H3. The second-order valence-corrected chi connectivity index (χ2v) is 14.1. The molecule has 5 aromatic rings. The molecule has 0 amide bonds. The highest BCUT2D eigenvalue weighted by Gasteiger charge is 2.18. The highest BCUT2D eigenvalue weighted by Crippen LogP contribution is 2.37. The molecule has 0 saturated heterocycles. The van der Waals surface area contributed by atoms with Gasteiger partial charge >= 0.3 is 11.9 Å². The third-order valence-electron chi connectivity index (χ3n) is 8.76. The van der Waals surface area contributed by atoms with Gasteiger partial charge in [-0.25, -0.2) is 18.4 Å². The summed E-state index contributed by atoms with van der Waals surface area (Å²) < 4.78 is 51.6. The molecule has 0 radical (unpaired) electrons. The number of unbranched alkanes of at least 4 members (excludes halogenated alkanes) is 6. The summed E-state index contributed by atoms with van der Waals surface area (Å²) >= 11 is 12.6. The Kier molecular flexibility index (Phi) is 16.8. The van der Waals surface area contributed by atoms with Crippen molar-refractivity contribution in [1.82, 2.24) is 0 Å². The van der Waals surface area contributed by atoms with Gasteiger partial charge in [-0.1, -0.05) is 99.8 Å². The maximum atomic E-state index is 14.6. The van der Waals surface area contributed by atoms with Gasteiger partial charge in [0.05, 0.1) is 45.8 Å². The van der Waals surface area contributed by atoms with Crippen molar-refractivity contribution in [3.63, 3.8) is 0 Å². The first kappa shape index (κ1) is 43.5. The molecule has 0 aromatic heterocycles. The molecule has 0 saturated carbocycles. The first-order chi connectivity index (χ1) is 28.1. The maximum Gasteiger partial charge on any atom is 0.343 e. The Bertz CT molecular complexity index is 2060. The summed E-state index contributed by atoms with van der Waals surface area (Å²) in [5, 5.41) is 0.0305. The molecule has 58 heavy (non-hydrogen) atoms. The Morgan fingerprint density at radius 3 is 1.34 bits per heavy atom. The molecule has 5 aromatic carbocycles. The number of aliphatic imine (C=N–C) groups is 2. The van der Waals surface area contributed by atoms with Gasteiger partial charge in [0, 0.05) is 30.6 Å². The summed E-state index contributed by atoms with van der Waals surface area (Å²) in [5.41, 5.74) is 1.91. The fraction of sp³-hybridized carbons (Fsp3) is 0.261. The van der Waals surface area contributed by atoms with Crippen LogP contribution >= 0.6 is 23.2 Å². The Hall–Kier alpha value is -5.58. The van der Waals surface area contributed by atoms with Crippen molar-refractivity contribution in [3.8, 4) is 23.0 Å². The molecule has 0 N–H and O–H groups in total. The van der Waals surface area contributed by atoms with Gasteiger partial charge in [-0.2, -0.15) is 0 Å². The van der Waals surface area contributed by atoms with Crippen LogP contribution in [-0.2, 0) is 0 Å². The minimum absolute atomic E-state index is 0.0153. The smallest absolute Gasteiger partial charge is 0.343 e. The number of carbonyl (C=O) groups is 2. The Morgan fingerprint density at radius 1 is 0.552 bits per heavy atom. The second-order valence-electron chi connectivity index (χ2n) is 13.3. The first-order valence-electron chi connectivity index (χ1n) is 19.2. The summed E-state index contributed by atoms with van der Waals surface area (Å²) in [5.74, 6) is -1.76. The number of halogens is 4. The average Bonchev–Trinajstić information content (AvgIpc) is 3.22. The monoisotopic (exact) mass is 828 g/mol. The van der Waals surface area contributed by atoms with Crippen LogP contribution in [-0.4, -0.2) is 37.6 Å². The summed E-state index contributed by atoms with van der Waals surface area (Å²) in [6.45, 7) is 5.33. The van der Waals surface area contributed by atoms with Gasteiger partial charge in [-0.05, 0) is 78.6 Å². The van der Waals surface area contributed by atoms with Gasteiger partial charge in [0.2, 0.25) is 0 Å². The molecule has 12 heteroatoms. The number of benzene rings is 5. The normalized spacial score (nSPS) is 11.3. The molecule has 0 fully saturated rings. The van der Waals surface area contributed by atoms with Gasteiger partial charge in [-0.3, -0.25) is 9.98 Å². The third-order valence-corrected chi connectivity index (χ3v) is 9.35. The lowest BCUT2D eigenvalue weighted by molar-refractivity contribution is 0.0733. The average molecular weight is 830 g/mol. The van der Waals surface area contributed by atoms with Crippen molar-refractivity contribution in [2.45, 2.75) is 65.2 Å². The van der Waals surface area contributed by atoms with Crippen LogP contribution in [0.25, 0.3) is 0 Å². The van der Waals surface area contributed by atoms with E-state index in [-0.39, 0.29) is 44.0 Å². The number of esters is 2. The summed E-state index contributed by atoms with van der Waals surface area (Å²) in [7, 11) is 0. The molecule has 0 spiro atoms. The quantitative estimate of drug-likeness (QED) is 0.0335. The van der Waals surface area contributed by atoms with E-state index < -0.39 is 23.6 Å². The topological polar surface area (TPSA) is 95.8 Å². The maximum absolute atomic E-state index is 14.6. The zero-order valence-corrected chi connectivity index (χ0v) is 33.8. The number of ether oxygens (including phenoxy) is 4. The SMILES string of the molecule is CCCCCCOc1ccc(N=Cc2ccc(C(=O)Oc3cc(OC(=O)c4ccc(C=Nc5ccc(OCCCCCC)cc5F)cc4)c(Cl)cc3Cl)cc2)c(F)c1. The van der Waals surface area contributed by atoms with Crippen LogP contribution < -0.4 is 18.9 Å². The van der Waals surface area contributed by atoms with E-state index in [1.807, 2.05) is 0 Å².